The molecule has 13 heavy (non-hydrogen) atoms. The average molecular weight is 200 g/mol. The SMILES string of the molecule is CCC(C)(C)CNC(=S)NC1CC1. The maximum absolute atomic E-state index is 5.16. The molecule has 0 amide bonds. The molecule has 0 heterocycles. The highest BCUT2D eigenvalue weighted by atomic mass is 32.1. The summed E-state index contributed by atoms with van der Waals surface area (Å²) in [6.45, 7) is 7.67. The summed E-state index contributed by atoms with van der Waals surface area (Å²) >= 11 is 5.16. The van der Waals surface area contributed by atoms with E-state index in [-0.39, 0.29) is 0 Å². The first kappa shape index (κ1) is 10.8. The Morgan fingerprint density at radius 1 is 1.46 bits per heavy atom. The minimum atomic E-state index is 0.343. The van der Waals surface area contributed by atoms with Gasteiger partial charge in [0.2, 0.25) is 0 Å². The van der Waals surface area contributed by atoms with Crippen LogP contribution in [0.4, 0.5) is 0 Å². The van der Waals surface area contributed by atoms with Gasteiger partial charge in [-0.05, 0) is 36.9 Å². The summed E-state index contributed by atoms with van der Waals surface area (Å²) in [6, 6.07) is 0.657. The Hall–Kier alpha value is -0.310. The molecule has 0 unspecified atom stereocenters. The second kappa shape index (κ2) is 4.27. The van der Waals surface area contributed by atoms with Crippen molar-refractivity contribution in [1.29, 1.82) is 0 Å². The van der Waals surface area contributed by atoms with Gasteiger partial charge < -0.3 is 10.6 Å². The van der Waals surface area contributed by atoms with Crippen LogP contribution < -0.4 is 10.6 Å². The Morgan fingerprint density at radius 2 is 2.08 bits per heavy atom. The van der Waals surface area contributed by atoms with Crippen molar-refractivity contribution in [1.82, 2.24) is 10.6 Å². The van der Waals surface area contributed by atoms with Crippen LogP contribution in [0.2, 0.25) is 0 Å². The summed E-state index contributed by atoms with van der Waals surface area (Å²) in [6.07, 6.45) is 3.73. The molecule has 2 N–H and O–H groups in total. The summed E-state index contributed by atoms with van der Waals surface area (Å²) in [5.41, 5.74) is 0.343. The maximum atomic E-state index is 5.16. The fourth-order valence-electron chi connectivity index (χ4n) is 0.909. The van der Waals surface area contributed by atoms with Crippen LogP contribution in [0.3, 0.4) is 0 Å². The fourth-order valence-corrected chi connectivity index (χ4v) is 1.15. The molecule has 1 aliphatic carbocycles. The molecule has 0 spiro atoms. The Balaban J connectivity index is 2.13. The van der Waals surface area contributed by atoms with Gasteiger partial charge in [-0.1, -0.05) is 20.8 Å². The molecule has 1 aliphatic rings. The summed E-state index contributed by atoms with van der Waals surface area (Å²) in [7, 11) is 0. The Morgan fingerprint density at radius 3 is 2.54 bits per heavy atom. The molecule has 1 fully saturated rings. The second-order valence-electron chi connectivity index (χ2n) is 4.62. The highest BCUT2D eigenvalue weighted by Gasteiger charge is 2.22. The van der Waals surface area contributed by atoms with Crippen molar-refractivity contribution >= 4 is 17.3 Å². The molecule has 0 aromatic rings. The first-order chi connectivity index (χ1) is 6.03. The highest BCUT2D eigenvalue weighted by molar-refractivity contribution is 7.80. The minimum absolute atomic E-state index is 0.343. The molecule has 1 saturated carbocycles. The highest BCUT2D eigenvalue weighted by Crippen LogP contribution is 2.19. The zero-order chi connectivity index (χ0) is 9.90. The van der Waals surface area contributed by atoms with E-state index in [0.29, 0.717) is 11.5 Å². The predicted octanol–water partition coefficient (Wildman–Crippen LogP) is 2.05. The fraction of sp³-hybridized carbons (Fsp3) is 0.900. The normalized spacial score (nSPS) is 16.8. The van der Waals surface area contributed by atoms with E-state index in [1.54, 1.807) is 0 Å². The average Bonchev–Trinajstić information content (AvgIpc) is 2.85. The van der Waals surface area contributed by atoms with Crippen molar-refractivity contribution in [3.05, 3.63) is 0 Å². The lowest BCUT2D eigenvalue weighted by Crippen LogP contribution is -2.41. The van der Waals surface area contributed by atoms with Gasteiger partial charge in [-0.15, -0.1) is 0 Å². The third-order valence-electron chi connectivity index (χ3n) is 2.60. The van der Waals surface area contributed by atoms with Gasteiger partial charge >= 0.3 is 0 Å². The van der Waals surface area contributed by atoms with Gasteiger partial charge in [-0.2, -0.15) is 0 Å². The molecule has 0 aliphatic heterocycles. The van der Waals surface area contributed by atoms with Gasteiger partial charge in [0.25, 0.3) is 0 Å². The molecular formula is C10H20N2S. The standard InChI is InChI=1S/C10H20N2S/c1-4-10(2,3)7-11-9(13)12-8-5-6-8/h8H,4-7H2,1-3H3,(H2,11,12,13). The van der Waals surface area contributed by atoms with E-state index < -0.39 is 0 Å². The molecule has 0 atom stereocenters. The molecule has 0 aromatic heterocycles. The predicted molar refractivity (Wildman–Crippen MR) is 60.8 cm³/mol. The molecule has 0 bridgehead atoms. The molecule has 2 nitrogen and oxygen atoms in total. The van der Waals surface area contributed by atoms with Crippen LogP contribution in [0, 0.1) is 5.41 Å². The van der Waals surface area contributed by atoms with E-state index in [9.17, 15) is 0 Å². The van der Waals surface area contributed by atoms with E-state index in [0.717, 1.165) is 11.7 Å². The maximum Gasteiger partial charge on any atom is 0.166 e. The summed E-state index contributed by atoms with van der Waals surface area (Å²) in [5, 5.41) is 7.36. The minimum Gasteiger partial charge on any atom is -0.362 e. The van der Waals surface area contributed by atoms with Gasteiger partial charge in [-0.3, -0.25) is 0 Å². The smallest absolute Gasteiger partial charge is 0.166 e. The van der Waals surface area contributed by atoms with Crippen LogP contribution in [0.5, 0.6) is 0 Å². The Kier molecular flexibility index (Phi) is 3.54. The van der Waals surface area contributed by atoms with Crippen LogP contribution >= 0.6 is 12.2 Å². The van der Waals surface area contributed by atoms with Crippen LogP contribution in [-0.4, -0.2) is 17.7 Å². The van der Waals surface area contributed by atoms with Gasteiger partial charge in [-0.25, -0.2) is 0 Å². The summed E-state index contributed by atoms with van der Waals surface area (Å²) < 4.78 is 0. The number of nitrogens with one attached hydrogen (secondary N) is 2. The zero-order valence-electron chi connectivity index (χ0n) is 8.81. The largest absolute Gasteiger partial charge is 0.362 e. The van der Waals surface area contributed by atoms with Crippen LogP contribution in [0.15, 0.2) is 0 Å². The summed E-state index contributed by atoms with van der Waals surface area (Å²) in [4.78, 5) is 0. The topological polar surface area (TPSA) is 24.1 Å². The molecule has 0 radical (unpaired) electrons. The lowest BCUT2D eigenvalue weighted by Gasteiger charge is -2.23. The second-order valence-corrected chi connectivity index (χ2v) is 5.03. The van der Waals surface area contributed by atoms with Crippen LogP contribution in [-0.2, 0) is 0 Å². The Bertz CT molecular complexity index is 185. The van der Waals surface area contributed by atoms with Crippen molar-refractivity contribution in [2.45, 2.75) is 46.1 Å². The lowest BCUT2D eigenvalue weighted by molar-refractivity contribution is 0.349. The molecule has 0 saturated heterocycles. The van der Waals surface area contributed by atoms with E-state index >= 15 is 0 Å². The molecule has 76 valence electrons. The Labute approximate surface area is 86.5 Å². The number of rotatable bonds is 4. The van der Waals surface area contributed by atoms with E-state index in [1.165, 1.54) is 19.3 Å². The van der Waals surface area contributed by atoms with E-state index in [4.69, 9.17) is 12.2 Å². The van der Waals surface area contributed by atoms with Crippen LogP contribution in [0.25, 0.3) is 0 Å². The van der Waals surface area contributed by atoms with Crippen molar-refractivity contribution < 1.29 is 0 Å². The van der Waals surface area contributed by atoms with E-state index in [2.05, 4.69) is 31.4 Å². The molecular weight excluding hydrogens is 180 g/mol. The first-order valence-corrected chi connectivity index (χ1v) is 5.49. The third kappa shape index (κ3) is 4.46. The third-order valence-corrected chi connectivity index (χ3v) is 2.86. The van der Waals surface area contributed by atoms with Gasteiger partial charge in [0.05, 0.1) is 0 Å². The van der Waals surface area contributed by atoms with Crippen molar-refractivity contribution in [2.24, 2.45) is 5.41 Å². The number of hydrogen-bond acceptors (Lipinski definition) is 1. The van der Waals surface area contributed by atoms with Crippen molar-refractivity contribution in [2.75, 3.05) is 6.54 Å². The van der Waals surface area contributed by atoms with Crippen molar-refractivity contribution in [3.63, 3.8) is 0 Å². The molecule has 1 rings (SSSR count). The molecule has 0 aromatic carbocycles. The first-order valence-electron chi connectivity index (χ1n) is 5.08. The van der Waals surface area contributed by atoms with Crippen molar-refractivity contribution in [3.8, 4) is 0 Å². The number of thiocarbonyl (C=S) groups is 1. The monoisotopic (exact) mass is 200 g/mol. The van der Waals surface area contributed by atoms with E-state index in [1.807, 2.05) is 0 Å². The number of hydrogen-bond donors (Lipinski definition) is 2. The quantitative estimate of drug-likeness (QED) is 0.679. The van der Waals surface area contributed by atoms with Crippen LogP contribution in [0.1, 0.15) is 40.0 Å². The lowest BCUT2D eigenvalue weighted by atomic mass is 9.90. The van der Waals surface area contributed by atoms with Gasteiger partial charge in [0.1, 0.15) is 0 Å². The van der Waals surface area contributed by atoms with Gasteiger partial charge in [0.15, 0.2) is 5.11 Å². The zero-order valence-corrected chi connectivity index (χ0v) is 9.63. The molecule has 3 heteroatoms. The summed E-state index contributed by atoms with van der Waals surface area (Å²) in [5.74, 6) is 0. The van der Waals surface area contributed by atoms with Gasteiger partial charge in [0, 0.05) is 12.6 Å².